The summed E-state index contributed by atoms with van der Waals surface area (Å²) in [6.07, 6.45) is 0. The van der Waals surface area contributed by atoms with Crippen molar-refractivity contribution in [2.24, 2.45) is 0 Å². The fourth-order valence-corrected chi connectivity index (χ4v) is 0. The van der Waals surface area contributed by atoms with Gasteiger partial charge in [0.15, 0.2) is 0 Å². The summed E-state index contributed by atoms with van der Waals surface area (Å²) < 4.78 is 0. The van der Waals surface area contributed by atoms with Crippen molar-refractivity contribution in [3.8, 4) is 0 Å². The van der Waals surface area contributed by atoms with Crippen LogP contribution in [0.1, 0.15) is 6.92 Å². The third-order valence-corrected chi connectivity index (χ3v) is 0.594. The first kappa shape index (κ1) is 11.2. The fraction of sp³-hybridized carbons (Fsp3) is 0.500. The van der Waals surface area contributed by atoms with Crippen LogP contribution in [0, 0.1) is 0 Å². The number of carbonyl (C=O) groups is 2. The molecule has 0 rings (SSSR count). The second kappa shape index (κ2) is 7.42. The number of aliphatic carboxylic acids is 2. The quantitative estimate of drug-likeness (QED) is 0.605. The molecular weight excluding hydrogens is 192 g/mol. The van der Waals surface area contributed by atoms with Crippen LogP contribution >= 0.6 is 15.9 Å². The van der Waals surface area contributed by atoms with Gasteiger partial charge in [-0.15, -0.1) is 0 Å². The van der Waals surface area contributed by atoms with Gasteiger partial charge in [-0.2, -0.15) is 0 Å². The molecule has 0 aliphatic heterocycles. The second-order valence-electron chi connectivity index (χ2n) is 1.05. The molecule has 0 spiro atoms. The lowest BCUT2D eigenvalue weighted by Gasteiger charge is -1.70. The van der Waals surface area contributed by atoms with E-state index in [2.05, 4.69) is 15.9 Å². The Morgan fingerprint density at radius 1 is 1.44 bits per heavy atom. The Hall–Kier alpha value is -0.580. The molecule has 0 aromatic rings. The van der Waals surface area contributed by atoms with Gasteiger partial charge in [-0.25, -0.2) is 0 Å². The predicted molar refractivity (Wildman–Crippen MR) is 34.7 cm³/mol. The molecule has 54 valence electrons. The highest BCUT2D eigenvalue weighted by molar-refractivity contribution is 9.09. The average Bonchev–Trinajstić information content (AvgIpc) is 1.65. The van der Waals surface area contributed by atoms with Gasteiger partial charge in [-0.3, -0.25) is 9.59 Å². The minimum atomic E-state index is -0.833. The number of carboxylic acids is 2. The lowest BCUT2D eigenvalue weighted by molar-refractivity contribution is -0.135. The van der Waals surface area contributed by atoms with Crippen molar-refractivity contribution in [2.75, 3.05) is 5.33 Å². The van der Waals surface area contributed by atoms with Crippen molar-refractivity contribution >= 4 is 27.9 Å². The molecule has 5 heteroatoms. The molecule has 0 fully saturated rings. The van der Waals surface area contributed by atoms with Crippen LogP contribution in [0.25, 0.3) is 0 Å². The van der Waals surface area contributed by atoms with E-state index in [9.17, 15) is 4.79 Å². The third-order valence-electron chi connectivity index (χ3n) is 0.114. The molecule has 0 saturated carbocycles. The first-order chi connectivity index (χ1) is 4.00. The number of hydrogen-bond donors (Lipinski definition) is 2. The minimum Gasteiger partial charge on any atom is -0.481 e. The average molecular weight is 199 g/mol. The summed E-state index contributed by atoms with van der Waals surface area (Å²) >= 11 is 2.71. The smallest absolute Gasteiger partial charge is 0.314 e. The lowest BCUT2D eigenvalue weighted by Crippen LogP contribution is -1.92. The summed E-state index contributed by atoms with van der Waals surface area (Å²) in [5.41, 5.74) is 0. The largest absolute Gasteiger partial charge is 0.481 e. The molecule has 0 heterocycles. The van der Waals surface area contributed by atoms with Gasteiger partial charge in [-0.05, 0) is 0 Å². The second-order valence-corrected chi connectivity index (χ2v) is 1.61. The third kappa shape index (κ3) is 108. The predicted octanol–water partition coefficient (Wildman–Crippen LogP) is 0.557. The molecule has 0 aromatic carbocycles. The zero-order valence-corrected chi connectivity index (χ0v) is 6.38. The van der Waals surface area contributed by atoms with Crippen LogP contribution in [0.15, 0.2) is 0 Å². The van der Waals surface area contributed by atoms with Crippen molar-refractivity contribution in [1.82, 2.24) is 0 Å². The normalized spacial score (nSPS) is 6.89. The number of halogens is 1. The first-order valence-electron chi connectivity index (χ1n) is 1.98. The zero-order valence-electron chi connectivity index (χ0n) is 4.80. The maximum Gasteiger partial charge on any atom is 0.314 e. The van der Waals surface area contributed by atoms with Gasteiger partial charge >= 0.3 is 5.97 Å². The summed E-state index contributed by atoms with van der Waals surface area (Å²) in [5, 5.41) is 15.1. The highest BCUT2D eigenvalue weighted by atomic mass is 79.9. The van der Waals surface area contributed by atoms with Gasteiger partial charge in [-0.1, -0.05) is 15.9 Å². The molecule has 9 heavy (non-hydrogen) atoms. The van der Waals surface area contributed by atoms with Crippen LogP contribution in [0.3, 0.4) is 0 Å². The number of carboxylic acid groups (broad SMARTS) is 2. The van der Waals surface area contributed by atoms with E-state index < -0.39 is 11.9 Å². The van der Waals surface area contributed by atoms with Gasteiger partial charge in [0.25, 0.3) is 5.97 Å². The Kier molecular flexibility index (Phi) is 9.27. The molecule has 2 N–H and O–H groups in total. The monoisotopic (exact) mass is 198 g/mol. The van der Waals surface area contributed by atoms with E-state index in [0.717, 1.165) is 6.92 Å². The van der Waals surface area contributed by atoms with Crippen molar-refractivity contribution in [1.29, 1.82) is 0 Å². The molecule has 0 atom stereocenters. The minimum absolute atomic E-state index is 0.0347. The maximum atomic E-state index is 9.32. The summed E-state index contributed by atoms with van der Waals surface area (Å²) in [6.45, 7) is 1.08. The summed E-state index contributed by atoms with van der Waals surface area (Å²) in [5.74, 6) is -1.66. The Labute approximate surface area is 60.6 Å². The highest BCUT2D eigenvalue weighted by Crippen LogP contribution is 1.73. The number of hydrogen-bond acceptors (Lipinski definition) is 2. The van der Waals surface area contributed by atoms with Crippen molar-refractivity contribution in [3.63, 3.8) is 0 Å². The molecule has 0 unspecified atom stereocenters. The van der Waals surface area contributed by atoms with Gasteiger partial charge in [0.1, 0.15) is 5.33 Å². The lowest BCUT2D eigenvalue weighted by atomic mass is 10.8. The Bertz CT molecular complexity index is 96.7. The van der Waals surface area contributed by atoms with Crippen molar-refractivity contribution < 1.29 is 19.8 Å². The SMILES string of the molecule is CC(=O)O.O=C(O)CBr. The zero-order chi connectivity index (χ0) is 7.86. The van der Waals surface area contributed by atoms with E-state index >= 15 is 0 Å². The fourth-order valence-electron chi connectivity index (χ4n) is 0. The van der Waals surface area contributed by atoms with Gasteiger partial charge in [0.2, 0.25) is 0 Å². The van der Waals surface area contributed by atoms with E-state index in [4.69, 9.17) is 15.0 Å². The summed E-state index contributed by atoms with van der Waals surface area (Å²) in [6, 6.07) is 0. The maximum absolute atomic E-state index is 9.32. The molecule has 0 aliphatic carbocycles. The van der Waals surface area contributed by atoms with Crippen molar-refractivity contribution in [2.45, 2.75) is 6.92 Å². The molecular formula is C4H7BrO4. The van der Waals surface area contributed by atoms with Crippen LogP contribution in [0.2, 0.25) is 0 Å². The van der Waals surface area contributed by atoms with Crippen LogP contribution in [0.4, 0.5) is 0 Å². The summed E-state index contributed by atoms with van der Waals surface area (Å²) in [7, 11) is 0. The van der Waals surface area contributed by atoms with Gasteiger partial charge in [0.05, 0.1) is 0 Å². The van der Waals surface area contributed by atoms with E-state index in [0.29, 0.717) is 0 Å². The number of alkyl halides is 1. The van der Waals surface area contributed by atoms with Crippen LogP contribution < -0.4 is 0 Å². The van der Waals surface area contributed by atoms with Crippen molar-refractivity contribution in [3.05, 3.63) is 0 Å². The van der Waals surface area contributed by atoms with E-state index in [1.807, 2.05) is 0 Å². The van der Waals surface area contributed by atoms with E-state index in [1.54, 1.807) is 0 Å². The van der Waals surface area contributed by atoms with Gasteiger partial charge < -0.3 is 10.2 Å². The Morgan fingerprint density at radius 2 is 1.56 bits per heavy atom. The molecule has 0 saturated heterocycles. The first-order valence-corrected chi connectivity index (χ1v) is 3.10. The molecule has 0 aliphatic rings. The molecule has 0 radical (unpaired) electrons. The molecule has 0 bridgehead atoms. The van der Waals surface area contributed by atoms with E-state index in [1.165, 1.54) is 0 Å². The Balaban J connectivity index is 0. The van der Waals surface area contributed by atoms with E-state index in [-0.39, 0.29) is 5.33 Å². The van der Waals surface area contributed by atoms with Crippen LogP contribution in [-0.2, 0) is 9.59 Å². The number of rotatable bonds is 1. The summed E-state index contributed by atoms with van der Waals surface area (Å²) in [4.78, 5) is 18.3. The standard InChI is InChI=1S/C2H3BrO2.C2H4O2/c3-1-2(4)5;1-2(3)4/h1H2,(H,4,5);1H3,(H,3,4). The molecule has 0 amide bonds. The molecule has 4 nitrogen and oxygen atoms in total. The molecule has 0 aromatic heterocycles. The topological polar surface area (TPSA) is 74.6 Å². The Morgan fingerprint density at radius 3 is 1.56 bits per heavy atom. The van der Waals surface area contributed by atoms with Crippen LogP contribution in [-0.4, -0.2) is 27.5 Å². The van der Waals surface area contributed by atoms with Crippen LogP contribution in [0.5, 0.6) is 0 Å². The highest BCUT2D eigenvalue weighted by Gasteiger charge is 1.83. The van der Waals surface area contributed by atoms with Gasteiger partial charge in [0, 0.05) is 6.92 Å².